The molecule has 1 aromatic carbocycles. The first-order valence-electron chi connectivity index (χ1n) is 7.33. The van der Waals surface area contributed by atoms with E-state index < -0.39 is 0 Å². The van der Waals surface area contributed by atoms with E-state index in [1.165, 1.54) is 18.4 Å². The van der Waals surface area contributed by atoms with Crippen molar-refractivity contribution >= 4 is 27.5 Å². The number of aryl methyl sites for hydroxylation is 1. The van der Waals surface area contributed by atoms with Crippen LogP contribution in [-0.2, 0) is 4.79 Å². The molecule has 1 aliphatic rings. The quantitative estimate of drug-likeness (QED) is 0.905. The molecule has 1 aliphatic heterocycles. The molecule has 3 nitrogen and oxygen atoms in total. The molecular formula is C16H23BrN2O. The normalized spacial score (nSPS) is 19.9. The average molecular weight is 339 g/mol. The lowest BCUT2D eigenvalue weighted by molar-refractivity contribution is -0.116. The van der Waals surface area contributed by atoms with Crippen molar-refractivity contribution < 1.29 is 4.79 Å². The van der Waals surface area contributed by atoms with Crippen LogP contribution in [0.15, 0.2) is 22.7 Å². The average Bonchev–Trinajstić information content (AvgIpc) is 2.41. The number of hydrogen-bond acceptors (Lipinski definition) is 2. The van der Waals surface area contributed by atoms with E-state index in [0.717, 1.165) is 35.7 Å². The van der Waals surface area contributed by atoms with Gasteiger partial charge in [-0.2, -0.15) is 0 Å². The maximum Gasteiger partial charge on any atom is 0.225 e. The van der Waals surface area contributed by atoms with Gasteiger partial charge in [-0.1, -0.05) is 28.9 Å². The van der Waals surface area contributed by atoms with Crippen LogP contribution in [0.1, 0.15) is 31.7 Å². The van der Waals surface area contributed by atoms with Crippen molar-refractivity contribution in [1.29, 1.82) is 0 Å². The van der Waals surface area contributed by atoms with Gasteiger partial charge in [0.05, 0.1) is 0 Å². The summed E-state index contributed by atoms with van der Waals surface area (Å²) in [4.78, 5) is 14.4. The largest absolute Gasteiger partial charge is 0.326 e. The van der Waals surface area contributed by atoms with Gasteiger partial charge in [0.25, 0.3) is 0 Å². The van der Waals surface area contributed by atoms with E-state index in [1.807, 2.05) is 25.1 Å². The van der Waals surface area contributed by atoms with Crippen molar-refractivity contribution in [2.75, 3.05) is 25.0 Å². The summed E-state index contributed by atoms with van der Waals surface area (Å²) in [6.45, 7) is 7.45. The zero-order chi connectivity index (χ0) is 14.5. The highest BCUT2D eigenvalue weighted by atomic mass is 79.9. The number of benzene rings is 1. The molecule has 0 saturated carbocycles. The number of carbonyl (C=O) groups is 1. The van der Waals surface area contributed by atoms with Crippen LogP contribution in [0.3, 0.4) is 0 Å². The minimum absolute atomic E-state index is 0.0963. The maximum atomic E-state index is 12.0. The number of amides is 1. The molecule has 0 aromatic heterocycles. The summed E-state index contributed by atoms with van der Waals surface area (Å²) in [6.07, 6.45) is 3.14. The van der Waals surface area contributed by atoms with Crippen LogP contribution in [0, 0.1) is 12.8 Å². The molecule has 1 atom stereocenters. The summed E-state index contributed by atoms with van der Waals surface area (Å²) in [5.74, 6) is 0.860. The fourth-order valence-corrected chi connectivity index (χ4v) is 3.02. The van der Waals surface area contributed by atoms with E-state index >= 15 is 0 Å². The van der Waals surface area contributed by atoms with Gasteiger partial charge in [-0.3, -0.25) is 4.79 Å². The molecule has 1 saturated heterocycles. The molecule has 0 bridgehead atoms. The third-order valence-corrected chi connectivity index (χ3v) is 4.71. The Morgan fingerprint density at radius 2 is 2.30 bits per heavy atom. The SMILES string of the molecule is Cc1ccc(NC(=O)CCN2CCCC(C)C2)cc1Br. The number of anilines is 1. The van der Waals surface area contributed by atoms with Gasteiger partial charge in [0.2, 0.25) is 5.91 Å². The van der Waals surface area contributed by atoms with E-state index in [2.05, 4.69) is 33.1 Å². The molecule has 1 fully saturated rings. The second-order valence-electron chi connectivity index (χ2n) is 5.81. The van der Waals surface area contributed by atoms with Gasteiger partial charge in [-0.15, -0.1) is 0 Å². The number of likely N-dealkylation sites (tertiary alicyclic amines) is 1. The predicted octanol–water partition coefficient (Wildman–Crippen LogP) is 3.82. The van der Waals surface area contributed by atoms with E-state index in [1.54, 1.807) is 0 Å². The fraction of sp³-hybridized carbons (Fsp3) is 0.562. The first kappa shape index (κ1) is 15.5. The zero-order valence-corrected chi connectivity index (χ0v) is 13.9. The van der Waals surface area contributed by atoms with Gasteiger partial charge in [0, 0.05) is 29.7 Å². The molecular weight excluding hydrogens is 316 g/mol. The molecule has 110 valence electrons. The number of nitrogens with zero attached hydrogens (tertiary/aromatic N) is 1. The van der Waals surface area contributed by atoms with E-state index in [9.17, 15) is 4.79 Å². The predicted molar refractivity (Wildman–Crippen MR) is 87.0 cm³/mol. The summed E-state index contributed by atoms with van der Waals surface area (Å²) in [5.41, 5.74) is 2.03. The van der Waals surface area contributed by atoms with Crippen molar-refractivity contribution in [2.45, 2.75) is 33.1 Å². The lowest BCUT2D eigenvalue weighted by atomic mass is 10.0. The van der Waals surface area contributed by atoms with E-state index in [0.29, 0.717) is 6.42 Å². The molecule has 4 heteroatoms. The van der Waals surface area contributed by atoms with Crippen molar-refractivity contribution in [3.8, 4) is 0 Å². The van der Waals surface area contributed by atoms with Crippen LogP contribution in [0.2, 0.25) is 0 Å². The first-order valence-corrected chi connectivity index (χ1v) is 8.12. The number of piperidine rings is 1. The van der Waals surface area contributed by atoms with Crippen LogP contribution in [-0.4, -0.2) is 30.4 Å². The summed E-state index contributed by atoms with van der Waals surface area (Å²) < 4.78 is 1.03. The third kappa shape index (κ3) is 4.60. The third-order valence-electron chi connectivity index (χ3n) is 3.85. The van der Waals surface area contributed by atoms with Crippen LogP contribution in [0.4, 0.5) is 5.69 Å². The number of hydrogen-bond donors (Lipinski definition) is 1. The Hall–Kier alpha value is -0.870. The highest BCUT2D eigenvalue weighted by molar-refractivity contribution is 9.10. The van der Waals surface area contributed by atoms with E-state index in [4.69, 9.17) is 0 Å². The monoisotopic (exact) mass is 338 g/mol. The summed E-state index contributed by atoms with van der Waals surface area (Å²) in [5, 5.41) is 2.97. The van der Waals surface area contributed by atoms with Gasteiger partial charge >= 0.3 is 0 Å². The fourth-order valence-electron chi connectivity index (χ4n) is 2.64. The summed E-state index contributed by atoms with van der Waals surface area (Å²) in [7, 11) is 0. The molecule has 1 N–H and O–H groups in total. The van der Waals surface area contributed by atoms with Crippen LogP contribution in [0.5, 0.6) is 0 Å². The molecule has 0 spiro atoms. The Balaban J connectivity index is 1.78. The Kier molecular flexibility index (Phi) is 5.61. The lowest BCUT2D eigenvalue weighted by Gasteiger charge is -2.30. The van der Waals surface area contributed by atoms with Crippen LogP contribution < -0.4 is 5.32 Å². The topological polar surface area (TPSA) is 32.3 Å². The Morgan fingerprint density at radius 3 is 3.00 bits per heavy atom. The Labute approximate surface area is 129 Å². The Morgan fingerprint density at radius 1 is 1.50 bits per heavy atom. The molecule has 1 aromatic rings. The van der Waals surface area contributed by atoms with Crippen molar-refractivity contribution in [3.63, 3.8) is 0 Å². The molecule has 20 heavy (non-hydrogen) atoms. The lowest BCUT2D eigenvalue weighted by Crippen LogP contribution is -2.36. The molecule has 0 aliphatic carbocycles. The van der Waals surface area contributed by atoms with Crippen LogP contribution in [0.25, 0.3) is 0 Å². The molecule has 2 rings (SSSR count). The number of carbonyl (C=O) groups excluding carboxylic acids is 1. The maximum absolute atomic E-state index is 12.0. The minimum atomic E-state index is 0.0963. The summed E-state index contributed by atoms with van der Waals surface area (Å²) in [6, 6.07) is 5.91. The molecule has 1 unspecified atom stereocenters. The van der Waals surface area contributed by atoms with Crippen molar-refractivity contribution in [1.82, 2.24) is 4.90 Å². The van der Waals surface area contributed by atoms with Gasteiger partial charge in [0.15, 0.2) is 0 Å². The minimum Gasteiger partial charge on any atom is -0.326 e. The van der Waals surface area contributed by atoms with E-state index in [-0.39, 0.29) is 5.91 Å². The van der Waals surface area contributed by atoms with Gasteiger partial charge in [0.1, 0.15) is 0 Å². The highest BCUT2D eigenvalue weighted by Crippen LogP contribution is 2.21. The highest BCUT2D eigenvalue weighted by Gasteiger charge is 2.16. The Bertz CT molecular complexity index is 476. The standard InChI is InChI=1S/C16H23BrN2O/c1-12-4-3-8-19(11-12)9-7-16(20)18-14-6-5-13(2)15(17)10-14/h5-6,10,12H,3-4,7-9,11H2,1-2H3,(H,18,20). The van der Waals surface area contributed by atoms with Gasteiger partial charge in [-0.05, 0) is 49.9 Å². The second kappa shape index (κ2) is 7.23. The smallest absolute Gasteiger partial charge is 0.225 e. The van der Waals surface area contributed by atoms with Gasteiger partial charge in [-0.25, -0.2) is 0 Å². The van der Waals surface area contributed by atoms with Crippen LogP contribution >= 0.6 is 15.9 Å². The second-order valence-corrected chi connectivity index (χ2v) is 6.66. The zero-order valence-electron chi connectivity index (χ0n) is 12.3. The molecule has 0 radical (unpaired) electrons. The number of nitrogens with one attached hydrogen (secondary N) is 1. The number of halogens is 1. The van der Waals surface area contributed by atoms with Gasteiger partial charge < -0.3 is 10.2 Å². The first-order chi connectivity index (χ1) is 9.54. The van der Waals surface area contributed by atoms with Crippen molar-refractivity contribution in [2.24, 2.45) is 5.92 Å². The van der Waals surface area contributed by atoms with Crippen molar-refractivity contribution in [3.05, 3.63) is 28.2 Å². The number of rotatable bonds is 4. The summed E-state index contributed by atoms with van der Waals surface area (Å²) >= 11 is 3.48. The molecule has 1 heterocycles. The molecule has 1 amide bonds.